The number of carbonyl (C=O) groups excluding carboxylic acids is 1. The van der Waals surface area contributed by atoms with Crippen LogP contribution in [0.2, 0.25) is 0 Å². The summed E-state index contributed by atoms with van der Waals surface area (Å²) in [6.07, 6.45) is 3.72. The van der Waals surface area contributed by atoms with E-state index >= 15 is 0 Å². The Hall–Kier alpha value is -1.79. The molecule has 2 fully saturated rings. The molecule has 4 rings (SSSR count). The van der Waals surface area contributed by atoms with Gasteiger partial charge >= 0.3 is 0 Å². The Labute approximate surface area is 142 Å². The quantitative estimate of drug-likeness (QED) is 0.844. The minimum atomic E-state index is 0.0762. The summed E-state index contributed by atoms with van der Waals surface area (Å²) in [5.41, 5.74) is 0.673. The molecule has 1 aromatic carbocycles. The molecule has 0 spiro atoms. The number of carbonyl (C=O) groups is 1. The molecule has 1 unspecified atom stereocenters. The Morgan fingerprint density at radius 1 is 1.08 bits per heavy atom. The standard InChI is InChI=1S/C18H24N2O4/c21-18(14-4-5-16-17(11-14)24-13-23-16)20-7-2-6-19(8-9-20)12-15-3-1-10-22-15/h4-5,11,15H,1-3,6-10,12-13H2. The van der Waals surface area contributed by atoms with E-state index in [2.05, 4.69) is 4.90 Å². The van der Waals surface area contributed by atoms with Crippen LogP contribution in [0.4, 0.5) is 0 Å². The lowest BCUT2D eigenvalue weighted by molar-refractivity contribution is 0.0704. The summed E-state index contributed by atoms with van der Waals surface area (Å²) in [6.45, 7) is 5.63. The second-order valence-electron chi connectivity index (χ2n) is 6.65. The predicted octanol–water partition coefficient (Wildman–Crippen LogP) is 1.74. The van der Waals surface area contributed by atoms with Gasteiger partial charge in [-0.1, -0.05) is 0 Å². The lowest BCUT2D eigenvalue weighted by atomic mass is 10.1. The topological polar surface area (TPSA) is 51.2 Å². The van der Waals surface area contributed by atoms with Crippen molar-refractivity contribution < 1.29 is 19.0 Å². The summed E-state index contributed by atoms with van der Waals surface area (Å²) in [5, 5.41) is 0. The van der Waals surface area contributed by atoms with Crippen LogP contribution in [0.15, 0.2) is 18.2 Å². The molecule has 1 amide bonds. The molecule has 0 aliphatic carbocycles. The first-order valence-electron chi connectivity index (χ1n) is 8.82. The van der Waals surface area contributed by atoms with Crippen LogP contribution < -0.4 is 9.47 Å². The van der Waals surface area contributed by atoms with Crippen LogP contribution in [0.5, 0.6) is 11.5 Å². The molecule has 6 nitrogen and oxygen atoms in total. The fourth-order valence-electron chi connectivity index (χ4n) is 3.65. The lowest BCUT2D eigenvalue weighted by Crippen LogP contribution is -2.37. The summed E-state index contributed by atoms with van der Waals surface area (Å²) < 4.78 is 16.4. The van der Waals surface area contributed by atoms with Gasteiger partial charge in [0.05, 0.1) is 6.10 Å². The zero-order valence-electron chi connectivity index (χ0n) is 13.9. The van der Waals surface area contributed by atoms with Crippen molar-refractivity contribution >= 4 is 5.91 Å². The number of rotatable bonds is 3. The molecular formula is C18H24N2O4. The lowest BCUT2D eigenvalue weighted by Gasteiger charge is -2.24. The van der Waals surface area contributed by atoms with Gasteiger partial charge in [0, 0.05) is 38.3 Å². The third-order valence-corrected chi connectivity index (χ3v) is 4.98. The highest BCUT2D eigenvalue weighted by Gasteiger charge is 2.25. The van der Waals surface area contributed by atoms with E-state index in [0.29, 0.717) is 23.2 Å². The molecule has 0 radical (unpaired) electrons. The molecule has 130 valence electrons. The van der Waals surface area contributed by atoms with Gasteiger partial charge in [-0.2, -0.15) is 0 Å². The van der Waals surface area contributed by atoms with Gasteiger partial charge < -0.3 is 19.1 Å². The number of amides is 1. The number of nitrogens with zero attached hydrogens (tertiary/aromatic N) is 2. The van der Waals surface area contributed by atoms with Crippen molar-refractivity contribution in [2.45, 2.75) is 25.4 Å². The predicted molar refractivity (Wildman–Crippen MR) is 88.5 cm³/mol. The van der Waals surface area contributed by atoms with Crippen molar-refractivity contribution in [3.05, 3.63) is 23.8 Å². The van der Waals surface area contributed by atoms with Crippen LogP contribution in [0.3, 0.4) is 0 Å². The van der Waals surface area contributed by atoms with Gasteiger partial charge in [-0.15, -0.1) is 0 Å². The second kappa shape index (κ2) is 6.99. The Balaban J connectivity index is 1.36. The maximum absolute atomic E-state index is 12.8. The van der Waals surface area contributed by atoms with Crippen LogP contribution in [-0.2, 0) is 4.74 Å². The third kappa shape index (κ3) is 3.35. The van der Waals surface area contributed by atoms with E-state index < -0.39 is 0 Å². The number of fused-ring (bicyclic) bond motifs is 1. The summed E-state index contributed by atoms with van der Waals surface area (Å²) in [5.74, 6) is 1.45. The fraction of sp³-hybridized carbons (Fsp3) is 0.611. The van der Waals surface area contributed by atoms with Crippen LogP contribution in [0.25, 0.3) is 0 Å². The second-order valence-corrected chi connectivity index (χ2v) is 6.65. The molecule has 3 heterocycles. The monoisotopic (exact) mass is 332 g/mol. The average molecular weight is 332 g/mol. The highest BCUT2D eigenvalue weighted by atomic mass is 16.7. The summed E-state index contributed by atoms with van der Waals surface area (Å²) in [4.78, 5) is 17.2. The number of hydrogen-bond donors (Lipinski definition) is 0. The third-order valence-electron chi connectivity index (χ3n) is 4.98. The zero-order chi connectivity index (χ0) is 16.4. The molecule has 6 heteroatoms. The van der Waals surface area contributed by atoms with Gasteiger partial charge in [-0.25, -0.2) is 0 Å². The Kier molecular flexibility index (Phi) is 4.58. The first kappa shape index (κ1) is 15.7. The molecule has 3 aliphatic heterocycles. The Morgan fingerprint density at radius 2 is 2.00 bits per heavy atom. The van der Waals surface area contributed by atoms with E-state index in [-0.39, 0.29) is 12.7 Å². The van der Waals surface area contributed by atoms with Gasteiger partial charge in [-0.3, -0.25) is 9.69 Å². The summed E-state index contributed by atoms with van der Waals surface area (Å²) in [7, 11) is 0. The highest BCUT2D eigenvalue weighted by Crippen LogP contribution is 2.32. The molecular weight excluding hydrogens is 308 g/mol. The van der Waals surface area contributed by atoms with Crippen molar-refractivity contribution in [3.63, 3.8) is 0 Å². The minimum absolute atomic E-state index is 0.0762. The van der Waals surface area contributed by atoms with E-state index in [4.69, 9.17) is 14.2 Å². The molecule has 24 heavy (non-hydrogen) atoms. The van der Waals surface area contributed by atoms with E-state index in [1.807, 2.05) is 17.0 Å². The number of hydrogen-bond acceptors (Lipinski definition) is 5. The molecule has 1 atom stereocenters. The van der Waals surface area contributed by atoms with Crippen molar-refractivity contribution in [3.8, 4) is 11.5 Å². The average Bonchev–Trinajstić information content (AvgIpc) is 3.22. The molecule has 2 saturated heterocycles. The van der Waals surface area contributed by atoms with Crippen LogP contribution in [-0.4, -0.2) is 67.9 Å². The number of ether oxygens (including phenoxy) is 3. The van der Waals surface area contributed by atoms with Crippen molar-refractivity contribution in [2.75, 3.05) is 46.1 Å². The van der Waals surface area contributed by atoms with E-state index in [1.54, 1.807) is 6.07 Å². The molecule has 1 aromatic rings. The van der Waals surface area contributed by atoms with E-state index in [0.717, 1.165) is 52.2 Å². The Bertz CT molecular complexity index is 601. The Morgan fingerprint density at radius 3 is 2.88 bits per heavy atom. The number of benzene rings is 1. The first-order valence-corrected chi connectivity index (χ1v) is 8.82. The molecule has 0 bridgehead atoms. The maximum atomic E-state index is 12.8. The van der Waals surface area contributed by atoms with Crippen LogP contribution >= 0.6 is 0 Å². The van der Waals surface area contributed by atoms with Crippen molar-refractivity contribution in [1.82, 2.24) is 9.80 Å². The molecule has 0 N–H and O–H groups in total. The maximum Gasteiger partial charge on any atom is 0.254 e. The minimum Gasteiger partial charge on any atom is -0.454 e. The van der Waals surface area contributed by atoms with Crippen LogP contribution in [0, 0.1) is 0 Å². The SMILES string of the molecule is O=C(c1ccc2c(c1)OCO2)N1CCCN(CC2CCCO2)CC1. The van der Waals surface area contributed by atoms with Gasteiger partial charge in [0.2, 0.25) is 6.79 Å². The largest absolute Gasteiger partial charge is 0.454 e. The molecule has 0 saturated carbocycles. The van der Waals surface area contributed by atoms with Gasteiger partial charge in [-0.05, 0) is 44.0 Å². The van der Waals surface area contributed by atoms with Crippen molar-refractivity contribution in [1.29, 1.82) is 0 Å². The molecule has 0 aromatic heterocycles. The highest BCUT2D eigenvalue weighted by molar-refractivity contribution is 5.95. The first-order chi connectivity index (χ1) is 11.8. The van der Waals surface area contributed by atoms with Gasteiger partial charge in [0.25, 0.3) is 5.91 Å². The summed E-state index contributed by atoms with van der Waals surface area (Å²) in [6, 6.07) is 5.43. The van der Waals surface area contributed by atoms with Crippen molar-refractivity contribution in [2.24, 2.45) is 0 Å². The zero-order valence-corrected chi connectivity index (χ0v) is 13.9. The fourth-order valence-corrected chi connectivity index (χ4v) is 3.65. The smallest absolute Gasteiger partial charge is 0.254 e. The van der Waals surface area contributed by atoms with E-state index in [9.17, 15) is 4.79 Å². The van der Waals surface area contributed by atoms with E-state index in [1.165, 1.54) is 6.42 Å². The van der Waals surface area contributed by atoms with Crippen LogP contribution in [0.1, 0.15) is 29.6 Å². The van der Waals surface area contributed by atoms with Gasteiger partial charge in [0.15, 0.2) is 11.5 Å². The van der Waals surface area contributed by atoms with Gasteiger partial charge in [0.1, 0.15) is 0 Å². The summed E-state index contributed by atoms with van der Waals surface area (Å²) >= 11 is 0. The normalized spacial score (nSPS) is 24.2. The molecule has 3 aliphatic rings.